The van der Waals surface area contributed by atoms with Crippen LogP contribution in [0.15, 0.2) is 24.3 Å². The predicted octanol–water partition coefficient (Wildman–Crippen LogP) is 3.73. The van der Waals surface area contributed by atoms with Crippen molar-refractivity contribution >= 4 is 33.9 Å². The Labute approximate surface area is 143 Å². The van der Waals surface area contributed by atoms with E-state index in [0.717, 1.165) is 10.4 Å². The van der Waals surface area contributed by atoms with Gasteiger partial charge in [0.15, 0.2) is 0 Å². The molecule has 0 saturated heterocycles. The van der Waals surface area contributed by atoms with Crippen LogP contribution in [-0.4, -0.2) is 25.0 Å². The number of hydrogen-bond acceptors (Lipinski definition) is 5. The molecule has 0 aliphatic rings. The average Bonchev–Trinajstić information content (AvgIpc) is 2.81. The molecule has 0 saturated carbocycles. The van der Waals surface area contributed by atoms with Gasteiger partial charge in [-0.15, -0.1) is 11.3 Å². The Balaban J connectivity index is 2.04. The summed E-state index contributed by atoms with van der Waals surface area (Å²) in [6.45, 7) is 5.72. The van der Waals surface area contributed by atoms with Crippen molar-refractivity contribution in [1.29, 1.82) is 0 Å². The fourth-order valence-electron chi connectivity index (χ4n) is 2.08. The number of carbonyl (C=O) groups excluding carboxylic acids is 2. The van der Waals surface area contributed by atoms with Crippen molar-refractivity contribution in [2.75, 3.05) is 23.8 Å². The first-order valence-electron chi connectivity index (χ1n) is 7.48. The van der Waals surface area contributed by atoms with E-state index >= 15 is 0 Å². The Bertz CT molecular complexity index is 741. The fourth-order valence-corrected chi connectivity index (χ4v) is 3.15. The molecule has 0 spiro atoms. The normalized spacial score (nSPS) is 10.3. The quantitative estimate of drug-likeness (QED) is 0.779. The molecule has 1 heterocycles. The Hall–Kier alpha value is -2.41. The number of halogens is 1. The van der Waals surface area contributed by atoms with Gasteiger partial charge >= 0.3 is 5.97 Å². The summed E-state index contributed by atoms with van der Waals surface area (Å²) in [4.78, 5) is 25.1. The number of carbonyl (C=O) groups is 2. The van der Waals surface area contributed by atoms with E-state index in [2.05, 4.69) is 10.6 Å². The number of ether oxygens (including phenoxy) is 1. The summed E-state index contributed by atoms with van der Waals surface area (Å²) in [6, 6.07) is 5.72. The molecule has 0 bridgehead atoms. The van der Waals surface area contributed by atoms with Gasteiger partial charge in [-0.2, -0.15) is 0 Å². The standard InChI is InChI=1S/C17H19FN2O3S/c1-4-23-17(22)15-10(2)11(3)24-16(15)20-14(21)9-19-13-7-5-12(18)6-8-13/h5-8,19H,4,9H2,1-3H3,(H,20,21). The summed E-state index contributed by atoms with van der Waals surface area (Å²) in [5, 5.41) is 6.11. The van der Waals surface area contributed by atoms with Gasteiger partial charge in [-0.1, -0.05) is 0 Å². The summed E-state index contributed by atoms with van der Waals surface area (Å²) < 4.78 is 17.9. The number of esters is 1. The number of anilines is 2. The average molecular weight is 350 g/mol. The van der Waals surface area contributed by atoms with Gasteiger partial charge in [0.2, 0.25) is 5.91 Å². The molecule has 0 atom stereocenters. The van der Waals surface area contributed by atoms with Crippen LogP contribution in [-0.2, 0) is 9.53 Å². The predicted molar refractivity (Wildman–Crippen MR) is 93.3 cm³/mol. The minimum Gasteiger partial charge on any atom is -0.462 e. The van der Waals surface area contributed by atoms with Gasteiger partial charge in [0, 0.05) is 10.6 Å². The second-order valence-electron chi connectivity index (χ2n) is 5.12. The van der Waals surface area contributed by atoms with Gasteiger partial charge in [0.25, 0.3) is 0 Å². The van der Waals surface area contributed by atoms with Crippen molar-refractivity contribution in [3.05, 3.63) is 46.1 Å². The highest BCUT2D eigenvalue weighted by atomic mass is 32.1. The van der Waals surface area contributed by atoms with Crippen LogP contribution in [0.4, 0.5) is 15.1 Å². The molecule has 2 aromatic rings. The van der Waals surface area contributed by atoms with E-state index in [-0.39, 0.29) is 24.9 Å². The smallest absolute Gasteiger partial charge is 0.341 e. The Morgan fingerprint density at radius 2 is 1.88 bits per heavy atom. The number of amides is 1. The third-order valence-electron chi connectivity index (χ3n) is 3.42. The van der Waals surface area contributed by atoms with Crippen molar-refractivity contribution in [1.82, 2.24) is 0 Å². The zero-order valence-electron chi connectivity index (χ0n) is 13.7. The van der Waals surface area contributed by atoms with Crippen LogP contribution in [0.2, 0.25) is 0 Å². The summed E-state index contributed by atoms with van der Waals surface area (Å²) >= 11 is 1.34. The van der Waals surface area contributed by atoms with E-state index in [1.54, 1.807) is 19.1 Å². The molecular weight excluding hydrogens is 331 g/mol. The largest absolute Gasteiger partial charge is 0.462 e. The maximum Gasteiger partial charge on any atom is 0.341 e. The molecule has 5 nitrogen and oxygen atoms in total. The van der Waals surface area contributed by atoms with Crippen molar-refractivity contribution in [2.24, 2.45) is 0 Å². The van der Waals surface area contributed by atoms with Gasteiger partial charge in [-0.25, -0.2) is 9.18 Å². The van der Waals surface area contributed by atoms with Gasteiger partial charge in [0.05, 0.1) is 18.7 Å². The SMILES string of the molecule is CCOC(=O)c1c(NC(=O)CNc2ccc(F)cc2)sc(C)c1C. The van der Waals surface area contributed by atoms with Gasteiger partial charge in [-0.05, 0) is 50.6 Å². The molecule has 0 aliphatic heterocycles. The Kier molecular flexibility index (Phi) is 5.92. The number of aryl methyl sites for hydroxylation is 1. The lowest BCUT2D eigenvalue weighted by molar-refractivity contribution is -0.114. The van der Waals surface area contributed by atoms with Crippen LogP contribution < -0.4 is 10.6 Å². The molecule has 1 aromatic heterocycles. The lowest BCUT2D eigenvalue weighted by atomic mass is 10.1. The van der Waals surface area contributed by atoms with Crippen molar-refractivity contribution in [2.45, 2.75) is 20.8 Å². The van der Waals surface area contributed by atoms with E-state index < -0.39 is 5.97 Å². The van der Waals surface area contributed by atoms with Gasteiger partial charge in [0.1, 0.15) is 10.8 Å². The third-order valence-corrected chi connectivity index (χ3v) is 4.54. The second kappa shape index (κ2) is 7.92. The van der Waals surface area contributed by atoms with E-state index in [0.29, 0.717) is 16.3 Å². The lowest BCUT2D eigenvalue weighted by Crippen LogP contribution is -2.22. The summed E-state index contributed by atoms with van der Waals surface area (Å²) in [5.41, 5.74) is 1.84. The molecule has 7 heteroatoms. The maximum absolute atomic E-state index is 12.8. The highest BCUT2D eigenvalue weighted by Crippen LogP contribution is 2.33. The zero-order chi connectivity index (χ0) is 17.7. The topological polar surface area (TPSA) is 67.4 Å². The van der Waals surface area contributed by atoms with Crippen LogP contribution in [0.25, 0.3) is 0 Å². The van der Waals surface area contributed by atoms with Crippen LogP contribution >= 0.6 is 11.3 Å². The first-order valence-corrected chi connectivity index (χ1v) is 8.30. The minimum absolute atomic E-state index is 0.00386. The summed E-state index contributed by atoms with van der Waals surface area (Å²) in [6.07, 6.45) is 0. The first kappa shape index (κ1) is 17.9. The summed E-state index contributed by atoms with van der Waals surface area (Å²) in [5.74, 6) is -1.08. The van der Waals surface area contributed by atoms with Crippen molar-refractivity contribution < 1.29 is 18.7 Å². The number of rotatable bonds is 6. The lowest BCUT2D eigenvalue weighted by Gasteiger charge is -2.09. The molecule has 0 unspecified atom stereocenters. The van der Waals surface area contributed by atoms with Crippen molar-refractivity contribution in [3.63, 3.8) is 0 Å². The van der Waals surface area contributed by atoms with Crippen LogP contribution in [0.3, 0.4) is 0 Å². The third kappa shape index (κ3) is 4.32. The molecule has 0 fully saturated rings. The summed E-state index contributed by atoms with van der Waals surface area (Å²) in [7, 11) is 0. The van der Waals surface area contributed by atoms with E-state index in [4.69, 9.17) is 4.74 Å². The van der Waals surface area contributed by atoms with Gasteiger partial charge < -0.3 is 15.4 Å². The fraction of sp³-hybridized carbons (Fsp3) is 0.294. The number of benzene rings is 1. The second-order valence-corrected chi connectivity index (χ2v) is 6.34. The molecule has 24 heavy (non-hydrogen) atoms. The molecule has 0 radical (unpaired) electrons. The highest BCUT2D eigenvalue weighted by molar-refractivity contribution is 7.16. The molecule has 128 valence electrons. The Morgan fingerprint density at radius 1 is 1.21 bits per heavy atom. The van der Waals surface area contributed by atoms with E-state index in [1.165, 1.54) is 23.5 Å². The minimum atomic E-state index is -0.443. The number of thiophene rings is 1. The van der Waals surface area contributed by atoms with E-state index in [9.17, 15) is 14.0 Å². The van der Waals surface area contributed by atoms with Crippen LogP contribution in [0.1, 0.15) is 27.7 Å². The number of nitrogens with one attached hydrogen (secondary N) is 2. The first-order chi connectivity index (χ1) is 11.4. The molecular formula is C17H19FN2O3S. The zero-order valence-corrected chi connectivity index (χ0v) is 14.6. The van der Waals surface area contributed by atoms with Crippen LogP contribution in [0, 0.1) is 19.7 Å². The molecule has 2 N–H and O–H groups in total. The molecule has 2 rings (SSSR count). The highest BCUT2D eigenvalue weighted by Gasteiger charge is 2.21. The molecule has 1 aromatic carbocycles. The number of hydrogen-bond donors (Lipinski definition) is 2. The van der Waals surface area contributed by atoms with Gasteiger partial charge in [-0.3, -0.25) is 4.79 Å². The Morgan fingerprint density at radius 3 is 2.50 bits per heavy atom. The molecule has 1 amide bonds. The maximum atomic E-state index is 12.8. The molecule has 0 aliphatic carbocycles. The van der Waals surface area contributed by atoms with Crippen molar-refractivity contribution in [3.8, 4) is 0 Å². The monoisotopic (exact) mass is 350 g/mol. The van der Waals surface area contributed by atoms with E-state index in [1.807, 2.05) is 13.8 Å². The van der Waals surface area contributed by atoms with Crippen LogP contribution in [0.5, 0.6) is 0 Å².